The number of rotatable bonds is 4. The van der Waals surface area contributed by atoms with Gasteiger partial charge in [0.05, 0.1) is 35.8 Å². The average molecular weight is 465 g/mol. The standard InChI is InChI=1S/C25H25ClN4O3/c1-3-29-23(31)15-21(28-11-13-33-14-12-28)19-5-4-6-20(24(19)29)30-22(16-27(2)25(30)32)17-7-9-18(26)10-8-17/h4-10,15-16H,3,11-14H2,1-2H3. The van der Waals surface area contributed by atoms with Gasteiger partial charge in [-0.05, 0) is 25.1 Å². The summed E-state index contributed by atoms with van der Waals surface area (Å²) in [4.78, 5) is 28.7. The van der Waals surface area contributed by atoms with E-state index in [1.165, 1.54) is 0 Å². The normalized spacial score (nSPS) is 14.2. The number of para-hydroxylation sites is 1. The van der Waals surface area contributed by atoms with Crippen LogP contribution in [0.4, 0.5) is 5.69 Å². The molecule has 0 atom stereocenters. The van der Waals surface area contributed by atoms with Crippen LogP contribution in [0.2, 0.25) is 5.02 Å². The molecule has 0 radical (unpaired) electrons. The van der Waals surface area contributed by atoms with Gasteiger partial charge in [-0.15, -0.1) is 0 Å². The third-order valence-electron chi connectivity index (χ3n) is 6.19. The molecule has 33 heavy (non-hydrogen) atoms. The summed E-state index contributed by atoms with van der Waals surface area (Å²) >= 11 is 6.09. The fourth-order valence-corrected chi connectivity index (χ4v) is 4.71. The van der Waals surface area contributed by atoms with E-state index >= 15 is 0 Å². The number of morpholine rings is 1. The van der Waals surface area contributed by atoms with Gasteiger partial charge in [0.1, 0.15) is 0 Å². The van der Waals surface area contributed by atoms with Gasteiger partial charge in [0.2, 0.25) is 0 Å². The van der Waals surface area contributed by atoms with Gasteiger partial charge < -0.3 is 18.8 Å². The second kappa shape index (κ2) is 8.57. The molecule has 4 aromatic rings. The first-order valence-electron chi connectivity index (χ1n) is 11.0. The number of hydrogen-bond donors (Lipinski definition) is 0. The average Bonchev–Trinajstić information content (AvgIpc) is 3.13. The smallest absolute Gasteiger partial charge is 0.333 e. The van der Waals surface area contributed by atoms with Crippen LogP contribution in [0.1, 0.15) is 6.92 Å². The first-order chi connectivity index (χ1) is 16.0. The monoisotopic (exact) mass is 464 g/mol. The van der Waals surface area contributed by atoms with E-state index in [4.69, 9.17) is 16.3 Å². The van der Waals surface area contributed by atoms with Crippen LogP contribution >= 0.6 is 11.6 Å². The number of aryl methyl sites for hydroxylation is 2. The molecule has 1 saturated heterocycles. The summed E-state index contributed by atoms with van der Waals surface area (Å²) in [5, 5.41) is 1.57. The van der Waals surface area contributed by atoms with Crippen LogP contribution in [0.15, 0.2) is 64.3 Å². The van der Waals surface area contributed by atoms with Gasteiger partial charge in [-0.2, -0.15) is 0 Å². The van der Waals surface area contributed by atoms with E-state index in [0.29, 0.717) is 30.5 Å². The lowest BCUT2D eigenvalue weighted by Crippen LogP contribution is -2.37. The Hall–Kier alpha value is -3.29. The first-order valence-corrected chi connectivity index (χ1v) is 11.4. The minimum Gasteiger partial charge on any atom is -0.378 e. The quantitative estimate of drug-likeness (QED) is 0.462. The molecule has 8 heteroatoms. The number of ether oxygens (including phenoxy) is 1. The first kappa shape index (κ1) is 21.6. The molecule has 0 bridgehead atoms. The van der Waals surface area contributed by atoms with Crippen molar-refractivity contribution in [2.24, 2.45) is 7.05 Å². The number of aromatic nitrogens is 3. The minimum absolute atomic E-state index is 0.0871. The van der Waals surface area contributed by atoms with E-state index in [9.17, 15) is 9.59 Å². The van der Waals surface area contributed by atoms with Gasteiger partial charge in [0.15, 0.2) is 0 Å². The number of nitrogens with zero attached hydrogens (tertiary/aromatic N) is 4. The van der Waals surface area contributed by atoms with E-state index in [-0.39, 0.29) is 11.2 Å². The van der Waals surface area contributed by atoms with Crippen LogP contribution in [0.3, 0.4) is 0 Å². The van der Waals surface area contributed by atoms with Crippen molar-refractivity contribution >= 4 is 28.2 Å². The van der Waals surface area contributed by atoms with E-state index < -0.39 is 0 Å². The molecule has 0 saturated carbocycles. The highest BCUT2D eigenvalue weighted by atomic mass is 35.5. The maximum absolute atomic E-state index is 13.3. The Kier molecular flexibility index (Phi) is 5.60. The highest BCUT2D eigenvalue weighted by molar-refractivity contribution is 6.30. The van der Waals surface area contributed by atoms with Crippen molar-refractivity contribution in [1.29, 1.82) is 0 Å². The van der Waals surface area contributed by atoms with Crippen LogP contribution in [0, 0.1) is 0 Å². The van der Waals surface area contributed by atoms with Gasteiger partial charge in [-0.3, -0.25) is 9.36 Å². The lowest BCUT2D eigenvalue weighted by Gasteiger charge is -2.30. The molecule has 3 heterocycles. The van der Waals surface area contributed by atoms with E-state index in [0.717, 1.165) is 40.9 Å². The number of fused-ring (bicyclic) bond motifs is 1. The zero-order valence-electron chi connectivity index (χ0n) is 18.6. The van der Waals surface area contributed by atoms with Gasteiger partial charge in [0.25, 0.3) is 5.56 Å². The lowest BCUT2D eigenvalue weighted by molar-refractivity contribution is 0.123. The van der Waals surface area contributed by atoms with Gasteiger partial charge in [-0.25, -0.2) is 4.79 Å². The van der Waals surface area contributed by atoms with Crippen molar-refractivity contribution < 1.29 is 4.74 Å². The molecule has 170 valence electrons. The summed E-state index contributed by atoms with van der Waals surface area (Å²) < 4.78 is 10.5. The van der Waals surface area contributed by atoms with Crippen molar-refractivity contribution in [2.45, 2.75) is 13.5 Å². The van der Waals surface area contributed by atoms with E-state index in [2.05, 4.69) is 4.90 Å². The molecule has 5 rings (SSSR count). The van der Waals surface area contributed by atoms with Crippen LogP contribution in [0.25, 0.3) is 27.8 Å². The van der Waals surface area contributed by atoms with Gasteiger partial charge in [-0.1, -0.05) is 35.9 Å². The van der Waals surface area contributed by atoms with Gasteiger partial charge in [0, 0.05) is 54.9 Å². The Morgan fingerprint density at radius 2 is 1.73 bits per heavy atom. The highest BCUT2D eigenvalue weighted by Gasteiger charge is 2.21. The molecule has 2 aromatic carbocycles. The van der Waals surface area contributed by atoms with Crippen molar-refractivity contribution in [3.63, 3.8) is 0 Å². The summed E-state index contributed by atoms with van der Waals surface area (Å²) in [6.45, 7) is 5.12. The molecule has 0 amide bonds. The summed E-state index contributed by atoms with van der Waals surface area (Å²) in [7, 11) is 1.73. The summed E-state index contributed by atoms with van der Waals surface area (Å²) in [5.41, 5.74) is 3.63. The Labute approximate surface area is 196 Å². The molecule has 1 aliphatic rings. The third kappa shape index (κ3) is 3.67. The van der Waals surface area contributed by atoms with Crippen molar-refractivity contribution in [2.75, 3.05) is 31.2 Å². The molecule has 2 aromatic heterocycles. The highest BCUT2D eigenvalue weighted by Crippen LogP contribution is 2.32. The Morgan fingerprint density at radius 3 is 2.42 bits per heavy atom. The second-order valence-corrected chi connectivity index (χ2v) is 8.57. The molecule has 1 aliphatic heterocycles. The fraction of sp³-hybridized carbons (Fsp3) is 0.280. The van der Waals surface area contributed by atoms with Crippen molar-refractivity contribution in [3.05, 3.63) is 80.6 Å². The third-order valence-corrected chi connectivity index (χ3v) is 6.44. The number of pyridine rings is 1. The van der Waals surface area contributed by atoms with Crippen LogP contribution in [-0.2, 0) is 18.3 Å². The molecule has 0 unspecified atom stereocenters. The molecule has 0 spiro atoms. The zero-order valence-corrected chi connectivity index (χ0v) is 19.4. The minimum atomic E-state index is -0.181. The molecular weight excluding hydrogens is 440 g/mol. The maximum Gasteiger partial charge on any atom is 0.333 e. The van der Waals surface area contributed by atoms with E-state index in [1.54, 1.807) is 38.9 Å². The molecular formula is C25H25ClN4O3. The molecule has 1 fully saturated rings. The van der Waals surface area contributed by atoms with Crippen LogP contribution in [0.5, 0.6) is 0 Å². The fourth-order valence-electron chi connectivity index (χ4n) is 4.58. The van der Waals surface area contributed by atoms with E-state index in [1.807, 2.05) is 43.5 Å². The second-order valence-electron chi connectivity index (χ2n) is 8.13. The zero-order chi connectivity index (χ0) is 23.1. The Morgan fingerprint density at radius 1 is 1.00 bits per heavy atom. The Bertz CT molecular complexity index is 1440. The predicted molar refractivity (Wildman–Crippen MR) is 132 cm³/mol. The van der Waals surface area contributed by atoms with Crippen LogP contribution < -0.4 is 16.1 Å². The van der Waals surface area contributed by atoms with Crippen molar-refractivity contribution in [3.8, 4) is 16.9 Å². The van der Waals surface area contributed by atoms with Gasteiger partial charge >= 0.3 is 5.69 Å². The topological polar surface area (TPSA) is 61.4 Å². The van der Waals surface area contributed by atoms with Crippen molar-refractivity contribution in [1.82, 2.24) is 13.7 Å². The predicted octanol–water partition coefficient (Wildman–Crippen LogP) is 3.67. The molecule has 0 aliphatic carbocycles. The number of imidazole rings is 1. The summed E-state index contributed by atoms with van der Waals surface area (Å²) in [5.74, 6) is 0. The SMILES string of the molecule is CCn1c(=O)cc(N2CCOCC2)c2cccc(-n3c(-c4ccc(Cl)cc4)cn(C)c3=O)c21. The summed E-state index contributed by atoms with van der Waals surface area (Å²) in [6.07, 6.45) is 1.81. The Balaban J connectivity index is 1.84. The number of anilines is 1. The number of benzene rings is 2. The number of hydrogen-bond acceptors (Lipinski definition) is 4. The van der Waals surface area contributed by atoms with Crippen LogP contribution in [-0.4, -0.2) is 40.0 Å². The maximum atomic E-state index is 13.3. The number of halogens is 1. The molecule has 0 N–H and O–H groups in total. The molecule has 7 nitrogen and oxygen atoms in total. The summed E-state index contributed by atoms with van der Waals surface area (Å²) in [6, 6.07) is 15.0. The largest absolute Gasteiger partial charge is 0.378 e. The lowest BCUT2D eigenvalue weighted by atomic mass is 10.1.